The van der Waals surface area contributed by atoms with Crippen molar-refractivity contribution in [2.75, 3.05) is 19.7 Å². The predicted molar refractivity (Wildman–Crippen MR) is 89.2 cm³/mol. The number of imidazole rings is 1. The summed E-state index contributed by atoms with van der Waals surface area (Å²) in [7, 11) is 0. The third-order valence-electron chi connectivity index (χ3n) is 4.61. The predicted octanol–water partition coefficient (Wildman–Crippen LogP) is 1.81. The number of rotatable bonds is 7. The molecule has 0 spiro atoms. The summed E-state index contributed by atoms with van der Waals surface area (Å²) in [5.41, 5.74) is 2.09. The number of para-hydroxylation sites is 2. The first-order chi connectivity index (χ1) is 11.1. The first-order valence-corrected chi connectivity index (χ1v) is 8.18. The fourth-order valence-corrected chi connectivity index (χ4v) is 2.82. The van der Waals surface area contributed by atoms with Gasteiger partial charge in [-0.1, -0.05) is 12.1 Å². The number of carbonyl (C=O) groups excluding carboxylic acids is 1. The van der Waals surface area contributed by atoms with Gasteiger partial charge in [-0.05, 0) is 38.3 Å². The first kappa shape index (κ1) is 15.8. The molecule has 124 valence electrons. The highest BCUT2D eigenvalue weighted by Crippen LogP contribution is 2.44. The van der Waals surface area contributed by atoms with Crippen molar-refractivity contribution < 1.29 is 9.90 Å². The van der Waals surface area contributed by atoms with E-state index in [2.05, 4.69) is 26.3 Å². The molecule has 2 aromatic rings. The van der Waals surface area contributed by atoms with Crippen molar-refractivity contribution in [3.8, 4) is 0 Å². The van der Waals surface area contributed by atoms with Gasteiger partial charge in [-0.15, -0.1) is 0 Å². The molecule has 1 aromatic heterocycles. The zero-order valence-electron chi connectivity index (χ0n) is 13.5. The van der Waals surface area contributed by atoms with Crippen LogP contribution in [-0.2, 0) is 6.54 Å². The van der Waals surface area contributed by atoms with Crippen LogP contribution in [-0.4, -0.2) is 40.4 Å². The van der Waals surface area contributed by atoms with Gasteiger partial charge in [0.15, 0.2) is 0 Å². The van der Waals surface area contributed by atoms with Crippen LogP contribution in [0, 0.1) is 12.3 Å². The molecule has 1 aromatic carbocycles. The molecule has 0 aliphatic heterocycles. The van der Waals surface area contributed by atoms with E-state index >= 15 is 0 Å². The number of nitrogens with one attached hydrogen (secondary N) is 2. The molecule has 1 heterocycles. The molecule has 0 saturated heterocycles. The van der Waals surface area contributed by atoms with Crippen LogP contribution in [0.1, 0.15) is 25.1 Å². The molecule has 0 atom stereocenters. The van der Waals surface area contributed by atoms with Crippen molar-refractivity contribution in [3.63, 3.8) is 0 Å². The molecule has 0 bridgehead atoms. The number of amides is 2. The third kappa shape index (κ3) is 3.64. The Morgan fingerprint density at radius 3 is 2.87 bits per heavy atom. The van der Waals surface area contributed by atoms with Gasteiger partial charge in [0.25, 0.3) is 0 Å². The monoisotopic (exact) mass is 316 g/mol. The minimum Gasteiger partial charge on any atom is -0.396 e. The van der Waals surface area contributed by atoms with Gasteiger partial charge in [0, 0.05) is 25.0 Å². The molecular formula is C17H24N4O2. The zero-order valence-corrected chi connectivity index (χ0v) is 13.5. The second-order valence-corrected chi connectivity index (χ2v) is 6.42. The van der Waals surface area contributed by atoms with Gasteiger partial charge in [-0.3, -0.25) is 0 Å². The van der Waals surface area contributed by atoms with Crippen molar-refractivity contribution in [2.24, 2.45) is 5.41 Å². The van der Waals surface area contributed by atoms with Gasteiger partial charge >= 0.3 is 6.03 Å². The summed E-state index contributed by atoms with van der Waals surface area (Å²) in [5, 5.41) is 14.9. The number of urea groups is 1. The lowest BCUT2D eigenvalue weighted by Gasteiger charge is -2.13. The minimum atomic E-state index is -0.156. The van der Waals surface area contributed by atoms with E-state index in [1.54, 1.807) is 0 Å². The van der Waals surface area contributed by atoms with Crippen LogP contribution in [0.25, 0.3) is 11.0 Å². The smallest absolute Gasteiger partial charge is 0.314 e. The summed E-state index contributed by atoms with van der Waals surface area (Å²) in [4.78, 5) is 16.3. The number of hydrogen-bond donors (Lipinski definition) is 3. The number of fused-ring (bicyclic) bond motifs is 1. The molecule has 1 saturated carbocycles. The number of aryl methyl sites for hydroxylation is 2. The highest BCUT2D eigenvalue weighted by atomic mass is 16.3. The maximum atomic E-state index is 11.8. The second kappa shape index (κ2) is 6.58. The molecule has 0 radical (unpaired) electrons. The molecule has 6 heteroatoms. The Bertz CT molecular complexity index is 691. The summed E-state index contributed by atoms with van der Waals surface area (Å²) in [6.07, 6.45) is 2.84. The molecule has 2 amide bonds. The molecule has 3 N–H and O–H groups in total. The van der Waals surface area contributed by atoms with Gasteiger partial charge in [-0.2, -0.15) is 0 Å². The number of aromatic nitrogens is 2. The fraction of sp³-hybridized carbons (Fsp3) is 0.529. The standard InChI is InChI=1S/C17H24N4O2/c1-13-20-14-5-2-3-6-15(14)21(13)10-4-9-18-16(23)19-11-17(12-22)7-8-17/h2-3,5-6,22H,4,7-12H2,1H3,(H2,18,19,23). The molecule has 6 nitrogen and oxygen atoms in total. The highest BCUT2D eigenvalue weighted by molar-refractivity contribution is 5.76. The summed E-state index contributed by atoms with van der Waals surface area (Å²) >= 11 is 0. The van der Waals surface area contributed by atoms with Crippen LogP contribution in [0.3, 0.4) is 0 Å². The lowest BCUT2D eigenvalue weighted by molar-refractivity contribution is 0.203. The SMILES string of the molecule is Cc1nc2ccccc2n1CCCNC(=O)NCC1(CO)CC1. The van der Waals surface area contributed by atoms with E-state index in [1.807, 2.05) is 25.1 Å². The van der Waals surface area contributed by atoms with Crippen molar-refractivity contribution in [2.45, 2.75) is 32.7 Å². The zero-order chi connectivity index (χ0) is 16.3. The van der Waals surface area contributed by atoms with E-state index in [9.17, 15) is 9.90 Å². The van der Waals surface area contributed by atoms with Crippen LogP contribution >= 0.6 is 0 Å². The van der Waals surface area contributed by atoms with Gasteiger partial charge in [0.1, 0.15) is 5.82 Å². The third-order valence-corrected chi connectivity index (χ3v) is 4.61. The Kier molecular flexibility index (Phi) is 4.52. The van der Waals surface area contributed by atoms with Crippen LogP contribution < -0.4 is 10.6 Å². The summed E-state index contributed by atoms with van der Waals surface area (Å²) in [6.45, 7) is 4.15. The first-order valence-electron chi connectivity index (χ1n) is 8.18. The maximum absolute atomic E-state index is 11.8. The molecule has 1 fully saturated rings. The molecule has 23 heavy (non-hydrogen) atoms. The van der Waals surface area contributed by atoms with Crippen LogP contribution in [0.4, 0.5) is 4.79 Å². The van der Waals surface area contributed by atoms with Crippen molar-refractivity contribution >= 4 is 17.1 Å². The van der Waals surface area contributed by atoms with E-state index in [-0.39, 0.29) is 18.1 Å². The number of aliphatic hydroxyl groups excluding tert-OH is 1. The van der Waals surface area contributed by atoms with Crippen molar-refractivity contribution in [1.82, 2.24) is 20.2 Å². The summed E-state index contributed by atoms with van der Waals surface area (Å²) in [5.74, 6) is 0.995. The molecule has 3 rings (SSSR count). The lowest BCUT2D eigenvalue weighted by Crippen LogP contribution is -2.40. The normalized spacial score (nSPS) is 15.6. The van der Waals surface area contributed by atoms with E-state index in [4.69, 9.17) is 0 Å². The molecule has 0 unspecified atom stereocenters. The number of aliphatic hydroxyl groups is 1. The van der Waals surface area contributed by atoms with Gasteiger partial charge in [0.2, 0.25) is 0 Å². The van der Waals surface area contributed by atoms with Gasteiger partial charge in [-0.25, -0.2) is 9.78 Å². The Morgan fingerprint density at radius 2 is 2.13 bits per heavy atom. The summed E-state index contributed by atoms with van der Waals surface area (Å²) in [6, 6.07) is 7.93. The quantitative estimate of drug-likeness (QED) is 0.682. The van der Waals surface area contributed by atoms with E-state index in [0.717, 1.165) is 42.7 Å². The largest absolute Gasteiger partial charge is 0.396 e. The minimum absolute atomic E-state index is 0.0514. The Balaban J connectivity index is 1.42. The molecular weight excluding hydrogens is 292 g/mol. The lowest BCUT2D eigenvalue weighted by atomic mass is 10.1. The summed E-state index contributed by atoms with van der Waals surface area (Å²) < 4.78 is 2.18. The fourth-order valence-electron chi connectivity index (χ4n) is 2.82. The Hall–Kier alpha value is -2.08. The van der Waals surface area contributed by atoms with Gasteiger partial charge in [0.05, 0.1) is 17.6 Å². The average molecular weight is 316 g/mol. The second-order valence-electron chi connectivity index (χ2n) is 6.42. The molecule has 1 aliphatic carbocycles. The topological polar surface area (TPSA) is 79.2 Å². The Labute approximate surface area is 135 Å². The van der Waals surface area contributed by atoms with Crippen LogP contribution in [0.15, 0.2) is 24.3 Å². The Morgan fingerprint density at radius 1 is 1.35 bits per heavy atom. The highest BCUT2D eigenvalue weighted by Gasteiger charge is 2.42. The van der Waals surface area contributed by atoms with Crippen LogP contribution in [0.5, 0.6) is 0 Å². The van der Waals surface area contributed by atoms with Crippen molar-refractivity contribution in [3.05, 3.63) is 30.1 Å². The number of carbonyl (C=O) groups is 1. The number of hydrogen-bond acceptors (Lipinski definition) is 3. The number of nitrogens with zero attached hydrogens (tertiary/aromatic N) is 2. The van der Waals surface area contributed by atoms with Gasteiger partial charge < -0.3 is 20.3 Å². The van der Waals surface area contributed by atoms with Crippen molar-refractivity contribution in [1.29, 1.82) is 0 Å². The van der Waals surface area contributed by atoms with E-state index < -0.39 is 0 Å². The maximum Gasteiger partial charge on any atom is 0.314 e. The van der Waals surface area contributed by atoms with E-state index in [0.29, 0.717) is 13.1 Å². The van der Waals surface area contributed by atoms with E-state index in [1.165, 1.54) is 0 Å². The average Bonchev–Trinajstić information content (AvgIpc) is 3.27. The number of benzene rings is 1. The molecule has 1 aliphatic rings. The van der Waals surface area contributed by atoms with Crippen LogP contribution in [0.2, 0.25) is 0 Å².